The normalized spacial score (nSPS) is 11.1. The molecule has 0 spiro atoms. The number of alkyl halides is 3. The lowest BCUT2D eigenvalue weighted by atomic mass is 10.3. The third kappa shape index (κ3) is 9.02. The average molecular weight is 471 g/mol. The number of pyridine rings is 1. The van der Waals surface area contributed by atoms with Crippen LogP contribution in [0.4, 0.5) is 13.2 Å². The number of ether oxygens (including phenoxy) is 3. The molecule has 0 radical (unpaired) electrons. The van der Waals surface area contributed by atoms with E-state index in [1.54, 1.807) is 18.2 Å². The Balaban J connectivity index is 1.70. The van der Waals surface area contributed by atoms with E-state index in [9.17, 15) is 13.2 Å². The van der Waals surface area contributed by atoms with Gasteiger partial charge in [0.25, 0.3) is 0 Å². The molecular weight excluding hydrogens is 454 g/mol. The predicted molar refractivity (Wildman–Crippen MR) is 106 cm³/mol. The Morgan fingerprint density at radius 3 is 2.21 bits per heavy atom. The monoisotopic (exact) mass is 469 g/mol. The Morgan fingerprint density at radius 1 is 0.966 bits per heavy atom. The number of hydrogen-bond donors (Lipinski definition) is 0. The van der Waals surface area contributed by atoms with Crippen LogP contribution >= 0.6 is 34.8 Å². The Bertz CT molecular complexity index is 811. The molecule has 0 unspecified atom stereocenters. The highest BCUT2D eigenvalue weighted by Crippen LogP contribution is 2.29. The van der Waals surface area contributed by atoms with Gasteiger partial charge in [0.05, 0.1) is 18.8 Å². The van der Waals surface area contributed by atoms with E-state index < -0.39 is 11.7 Å². The smallest absolute Gasteiger partial charge is 0.417 e. The van der Waals surface area contributed by atoms with Crippen LogP contribution in [0.3, 0.4) is 0 Å². The molecule has 0 aliphatic carbocycles. The van der Waals surface area contributed by atoms with Gasteiger partial charge in [0.15, 0.2) is 0 Å². The fourth-order valence-corrected chi connectivity index (χ4v) is 2.45. The van der Waals surface area contributed by atoms with Crippen molar-refractivity contribution < 1.29 is 27.4 Å². The van der Waals surface area contributed by atoms with Gasteiger partial charge in [-0.05, 0) is 37.1 Å². The number of aromatic nitrogens is 1. The summed E-state index contributed by atoms with van der Waals surface area (Å²) in [7, 11) is 0. The molecule has 1 heterocycles. The topological polar surface area (TPSA) is 40.6 Å². The lowest BCUT2D eigenvalue weighted by Gasteiger charge is -2.10. The van der Waals surface area contributed by atoms with Crippen molar-refractivity contribution in [3.05, 3.63) is 57.7 Å². The zero-order valence-electron chi connectivity index (χ0n) is 15.0. The summed E-state index contributed by atoms with van der Waals surface area (Å²) in [5.41, 5.74) is -0.815. The molecule has 0 saturated heterocycles. The van der Waals surface area contributed by atoms with Crippen LogP contribution in [0.25, 0.3) is 0 Å². The summed E-state index contributed by atoms with van der Waals surface area (Å²) in [5.74, 6) is 1.19. The number of nitrogens with zero attached hydrogens (tertiary/aromatic N) is 1. The minimum atomic E-state index is -4.41. The van der Waals surface area contributed by atoms with E-state index in [-0.39, 0.29) is 17.0 Å². The van der Waals surface area contributed by atoms with Crippen LogP contribution in [0, 0.1) is 0 Å². The second kappa shape index (κ2) is 11.4. The Morgan fingerprint density at radius 2 is 1.62 bits per heavy atom. The van der Waals surface area contributed by atoms with Crippen molar-refractivity contribution in [3.63, 3.8) is 0 Å². The van der Waals surface area contributed by atoms with Gasteiger partial charge in [-0.3, -0.25) is 0 Å². The zero-order valence-corrected chi connectivity index (χ0v) is 17.3. The summed E-state index contributed by atoms with van der Waals surface area (Å²) >= 11 is 17.1. The molecule has 0 aliphatic heterocycles. The van der Waals surface area contributed by atoms with Crippen LogP contribution in [0.15, 0.2) is 47.1 Å². The van der Waals surface area contributed by atoms with Gasteiger partial charge in [0, 0.05) is 23.4 Å². The first-order chi connectivity index (χ1) is 13.7. The first kappa shape index (κ1) is 23.4. The van der Waals surface area contributed by atoms with Gasteiger partial charge in [-0.2, -0.15) is 13.2 Å². The lowest BCUT2D eigenvalue weighted by molar-refractivity contribution is -0.137. The fourth-order valence-electron chi connectivity index (χ4n) is 2.11. The second-order valence-corrected chi connectivity index (χ2v) is 7.16. The highest BCUT2D eigenvalue weighted by Gasteiger charge is 2.30. The lowest BCUT2D eigenvalue weighted by Crippen LogP contribution is -2.07. The van der Waals surface area contributed by atoms with E-state index in [1.165, 1.54) is 12.1 Å². The van der Waals surface area contributed by atoms with Crippen molar-refractivity contribution in [2.24, 2.45) is 0 Å². The molecule has 10 heteroatoms. The largest absolute Gasteiger partial charge is 0.493 e. The summed E-state index contributed by atoms with van der Waals surface area (Å²) in [6.07, 6.45) is -0.883. The molecule has 2 aromatic rings. The standard InChI is InChI=1S/C19H17Cl3F3NO3/c20-14-9-15(11-16(10-14)28-8-5-17(21)22)27-6-1-2-7-29-18-4-3-13(12-26-18)19(23,24)25/h3-5,9-12H,1-2,6-8H2. The van der Waals surface area contributed by atoms with Crippen LogP contribution in [0.1, 0.15) is 18.4 Å². The quantitative estimate of drug-likeness (QED) is 0.363. The van der Waals surface area contributed by atoms with Crippen molar-refractivity contribution in [1.82, 2.24) is 4.98 Å². The summed E-state index contributed by atoms with van der Waals surface area (Å²) in [6.45, 7) is 0.894. The Hall–Kier alpha value is -1.83. The molecule has 1 aromatic heterocycles. The van der Waals surface area contributed by atoms with E-state index in [0.29, 0.717) is 42.6 Å². The maximum absolute atomic E-state index is 12.5. The summed E-state index contributed by atoms with van der Waals surface area (Å²) in [5, 5.41) is 0.454. The van der Waals surface area contributed by atoms with Crippen LogP contribution in [0.2, 0.25) is 5.02 Å². The highest BCUT2D eigenvalue weighted by molar-refractivity contribution is 6.55. The van der Waals surface area contributed by atoms with Crippen LogP contribution < -0.4 is 14.2 Å². The van der Waals surface area contributed by atoms with Crippen LogP contribution in [-0.2, 0) is 6.18 Å². The molecule has 0 bridgehead atoms. The zero-order chi connectivity index (χ0) is 21.3. The van der Waals surface area contributed by atoms with E-state index in [4.69, 9.17) is 49.0 Å². The first-order valence-electron chi connectivity index (χ1n) is 8.47. The number of unbranched alkanes of at least 4 members (excludes halogenated alkanes) is 1. The van der Waals surface area contributed by atoms with Gasteiger partial charge in [0.1, 0.15) is 22.6 Å². The third-order valence-electron chi connectivity index (χ3n) is 3.45. The maximum Gasteiger partial charge on any atom is 0.417 e. The molecule has 158 valence electrons. The molecule has 0 fully saturated rings. The fraction of sp³-hybridized carbons (Fsp3) is 0.316. The molecule has 0 atom stereocenters. The van der Waals surface area contributed by atoms with Crippen molar-refractivity contribution in [3.8, 4) is 17.4 Å². The van der Waals surface area contributed by atoms with E-state index in [1.807, 2.05) is 0 Å². The van der Waals surface area contributed by atoms with E-state index >= 15 is 0 Å². The second-order valence-electron chi connectivity index (χ2n) is 5.71. The summed E-state index contributed by atoms with van der Waals surface area (Å²) in [4.78, 5) is 3.64. The minimum absolute atomic E-state index is 0.109. The summed E-state index contributed by atoms with van der Waals surface area (Å²) < 4.78 is 53.9. The molecule has 0 saturated carbocycles. The number of hydrogen-bond acceptors (Lipinski definition) is 4. The van der Waals surface area contributed by atoms with Gasteiger partial charge in [-0.15, -0.1) is 0 Å². The number of rotatable bonds is 10. The third-order valence-corrected chi connectivity index (χ3v) is 3.98. The molecular formula is C19H17Cl3F3NO3. The van der Waals surface area contributed by atoms with Gasteiger partial charge in [-0.1, -0.05) is 34.8 Å². The Kier molecular flexibility index (Phi) is 9.20. The van der Waals surface area contributed by atoms with Crippen LogP contribution in [0.5, 0.6) is 17.4 Å². The van der Waals surface area contributed by atoms with Crippen molar-refractivity contribution in [2.45, 2.75) is 19.0 Å². The molecule has 0 amide bonds. The molecule has 0 N–H and O–H groups in total. The van der Waals surface area contributed by atoms with Crippen LogP contribution in [-0.4, -0.2) is 24.8 Å². The number of benzene rings is 1. The summed E-state index contributed by atoms with van der Waals surface area (Å²) in [6, 6.07) is 7.10. The van der Waals surface area contributed by atoms with E-state index in [0.717, 1.165) is 12.3 Å². The molecule has 29 heavy (non-hydrogen) atoms. The van der Waals surface area contributed by atoms with Crippen molar-refractivity contribution in [2.75, 3.05) is 19.8 Å². The maximum atomic E-state index is 12.5. The van der Waals surface area contributed by atoms with Crippen molar-refractivity contribution >= 4 is 34.8 Å². The minimum Gasteiger partial charge on any atom is -0.493 e. The van der Waals surface area contributed by atoms with Gasteiger partial charge >= 0.3 is 6.18 Å². The van der Waals surface area contributed by atoms with Gasteiger partial charge < -0.3 is 14.2 Å². The number of halogens is 6. The Labute approximate surface area is 181 Å². The molecule has 2 rings (SSSR count). The van der Waals surface area contributed by atoms with E-state index in [2.05, 4.69) is 4.98 Å². The van der Waals surface area contributed by atoms with Crippen molar-refractivity contribution in [1.29, 1.82) is 0 Å². The van der Waals surface area contributed by atoms with Gasteiger partial charge in [0.2, 0.25) is 5.88 Å². The predicted octanol–water partition coefficient (Wildman–Crippen LogP) is 6.69. The molecule has 4 nitrogen and oxygen atoms in total. The van der Waals surface area contributed by atoms with Gasteiger partial charge in [-0.25, -0.2) is 4.98 Å². The molecule has 0 aliphatic rings. The first-order valence-corrected chi connectivity index (χ1v) is 9.61. The highest BCUT2D eigenvalue weighted by atomic mass is 35.5. The average Bonchev–Trinajstić information content (AvgIpc) is 2.63. The molecule has 1 aromatic carbocycles. The SMILES string of the molecule is FC(F)(F)c1ccc(OCCCCOc2cc(Cl)cc(OCC=C(Cl)Cl)c2)nc1.